The summed E-state index contributed by atoms with van der Waals surface area (Å²) in [6.45, 7) is 0. The number of nitrogens with zero attached hydrogens (tertiary/aromatic N) is 1. The largest absolute Gasteiger partial charge is 0.495 e. The van der Waals surface area contributed by atoms with Crippen LogP contribution >= 0.6 is 23.2 Å². The molecule has 2 aromatic rings. The minimum absolute atomic E-state index is 0.159. The van der Waals surface area contributed by atoms with Gasteiger partial charge < -0.3 is 9.64 Å². The van der Waals surface area contributed by atoms with Gasteiger partial charge in [-0.2, -0.15) is 0 Å². The Morgan fingerprint density at radius 3 is 2.50 bits per heavy atom. The van der Waals surface area contributed by atoms with Gasteiger partial charge in [0.1, 0.15) is 5.75 Å². The van der Waals surface area contributed by atoms with Gasteiger partial charge in [0.15, 0.2) is 0 Å². The zero-order valence-electron chi connectivity index (χ0n) is 11.1. The number of hydrogen-bond acceptors (Lipinski definition) is 2. The van der Waals surface area contributed by atoms with E-state index < -0.39 is 0 Å². The first-order chi connectivity index (χ1) is 9.52. The third-order valence-electron chi connectivity index (χ3n) is 2.90. The molecule has 5 heteroatoms. The van der Waals surface area contributed by atoms with E-state index in [1.165, 1.54) is 4.90 Å². The zero-order valence-corrected chi connectivity index (χ0v) is 12.6. The van der Waals surface area contributed by atoms with E-state index in [9.17, 15) is 4.79 Å². The molecule has 0 N–H and O–H groups in total. The van der Waals surface area contributed by atoms with Gasteiger partial charge in [0.2, 0.25) is 0 Å². The number of benzene rings is 2. The molecule has 20 heavy (non-hydrogen) atoms. The topological polar surface area (TPSA) is 29.5 Å². The number of halogens is 2. The second-order valence-corrected chi connectivity index (χ2v) is 5.04. The summed E-state index contributed by atoms with van der Waals surface area (Å²) in [5.74, 6) is 0.410. The molecule has 0 unspecified atom stereocenters. The maximum atomic E-state index is 12.4. The van der Waals surface area contributed by atoms with Crippen molar-refractivity contribution in [1.82, 2.24) is 0 Å². The van der Waals surface area contributed by atoms with Crippen molar-refractivity contribution in [3.8, 4) is 5.75 Å². The van der Waals surface area contributed by atoms with Crippen LogP contribution in [0.1, 0.15) is 10.4 Å². The second kappa shape index (κ2) is 6.16. The number of methoxy groups -OCH3 is 1. The summed E-state index contributed by atoms with van der Waals surface area (Å²) in [6.07, 6.45) is 0. The van der Waals surface area contributed by atoms with Crippen LogP contribution in [-0.2, 0) is 0 Å². The summed E-state index contributed by atoms with van der Waals surface area (Å²) in [6, 6.07) is 12.0. The van der Waals surface area contributed by atoms with Crippen molar-refractivity contribution >= 4 is 34.8 Å². The summed E-state index contributed by atoms with van der Waals surface area (Å²) in [5.41, 5.74) is 1.20. The Hall–Kier alpha value is -1.71. The predicted octanol–water partition coefficient (Wildman–Crippen LogP) is 4.28. The van der Waals surface area contributed by atoms with E-state index in [0.717, 1.165) is 0 Å². The average Bonchev–Trinajstić information content (AvgIpc) is 2.45. The predicted molar refractivity (Wildman–Crippen MR) is 82.2 cm³/mol. The summed E-state index contributed by atoms with van der Waals surface area (Å²) >= 11 is 12.0. The highest BCUT2D eigenvalue weighted by Crippen LogP contribution is 2.29. The highest BCUT2D eigenvalue weighted by molar-refractivity contribution is 6.32. The molecular weight excluding hydrogens is 297 g/mol. The molecule has 0 saturated heterocycles. The summed E-state index contributed by atoms with van der Waals surface area (Å²) in [4.78, 5) is 13.9. The molecule has 2 rings (SSSR count). The average molecular weight is 310 g/mol. The van der Waals surface area contributed by atoms with Gasteiger partial charge in [0, 0.05) is 23.3 Å². The van der Waals surface area contributed by atoms with Crippen molar-refractivity contribution in [2.24, 2.45) is 0 Å². The number of rotatable bonds is 3. The number of anilines is 1. The molecule has 0 spiro atoms. The third kappa shape index (κ3) is 3.06. The molecule has 1 amide bonds. The summed E-state index contributed by atoms with van der Waals surface area (Å²) < 4.78 is 5.09. The van der Waals surface area contributed by atoms with Crippen LogP contribution in [0.25, 0.3) is 0 Å². The Morgan fingerprint density at radius 2 is 1.90 bits per heavy atom. The number of ether oxygens (including phenoxy) is 1. The van der Waals surface area contributed by atoms with Gasteiger partial charge in [-0.15, -0.1) is 0 Å². The molecule has 0 fully saturated rings. The van der Waals surface area contributed by atoms with Gasteiger partial charge in [-0.25, -0.2) is 0 Å². The van der Waals surface area contributed by atoms with Crippen LogP contribution in [0.15, 0.2) is 42.5 Å². The lowest BCUT2D eigenvalue weighted by atomic mass is 10.2. The summed E-state index contributed by atoms with van der Waals surface area (Å²) in [5, 5.41) is 0.979. The van der Waals surface area contributed by atoms with Gasteiger partial charge in [-0.3, -0.25) is 4.79 Å². The number of carbonyl (C=O) groups excluding carboxylic acids is 1. The van der Waals surface area contributed by atoms with Gasteiger partial charge in [0.05, 0.1) is 12.1 Å². The molecule has 0 bridgehead atoms. The van der Waals surface area contributed by atoms with Crippen LogP contribution in [0.5, 0.6) is 5.75 Å². The Bertz CT molecular complexity index is 644. The first kappa shape index (κ1) is 14.7. The van der Waals surface area contributed by atoms with E-state index in [1.807, 2.05) is 0 Å². The Morgan fingerprint density at radius 1 is 1.15 bits per heavy atom. The molecule has 0 aliphatic heterocycles. The van der Waals surface area contributed by atoms with E-state index in [4.69, 9.17) is 27.9 Å². The minimum Gasteiger partial charge on any atom is -0.495 e. The molecular formula is C15H13Cl2NO2. The quantitative estimate of drug-likeness (QED) is 0.847. The van der Waals surface area contributed by atoms with Crippen molar-refractivity contribution in [3.63, 3.8) is 0 Å². The lowest BCUT2D eigenvalue weighted by molar-refractivity contribution is 0.0993. The first-order valence-electron chi connectivity index (χ1n) is 5.90. The standard InChI is InChI=1S/C15H13Cl2NO2/c1-18(12-6-7-14(20-2)13(17)9-12)15(19)10-4-3-5-11(16)8-10/h3-9H,1-2H3. The molecule has 0 aliphatic rings. The fourth-order valence-corrected chi connectivity index (χ4v) is 2.24. The van der Waals surface area contributed by atoms with Crippen LogP contribution in [0.2, 0.25) is 10.0 Å². The van der Waals surface area contributed by atoms with E-state index >= 15 is 0 Å². The van der Waals surface area contributed by atoms with E-state index in [-0.39, 0.29) is 5.91 Å². The molecule has 104 valence electrons. The van der Waals surface area contributed by atoms with Crippen LogP contribution in [0.3, 0.4) is 0 Å². The van der Waals surface area contributed by atoms with Crippen molar-refractivity contribution in [2.75, 3.05) is 19.1 Å². The highest BCUT2D eigenvalue weighted by atomic mass is 35.5. The van der Waals surface area contributed by atoms with Crippen LogP contribution in [0.4, 0.5) is 5.69 Å². The van der Waals surface area contributed by atoms with Crippen molar-refractivity contribution in [3.05, 3.63) is 58.1 Å². The smallest absolute Gasteiger partial charge is 0.258 e. The molecule has 0 atom stereocenters. The van der Waals surface area contributed by atoms with E-state index in [2.05, 4.69) is 0 Å². The molecule has 0 aliphatic carbocycles. The first-order valence-corrected chi connectivity index (χ1v) is 6.65. The number of carbonyl (C=O) groups is 1. The lowest BCUT2D eigenvalue weighted by Crippen LogP contribution is -2.26. The van der Waals surface area contributed by atoms with E-state index in [0.29, 0.717) is 27.0 Å². The van der Waals surface area contributed by atoms with Crippen molar-refractivity contribution < 1.29 is 9.53 Å². The molecule has 0 saturated carbocycles. The number of amides is 1. The Labute approximate surface area is 127 Å². The van der Waals surface area contributed by atoms with Crippen molar-refractivity contribution in [1.29, 1.82) is 0 Å². The van der Waals surface area contributed by atoms with E-state index in [1.54, 1.807) is 56.6 Å². The molecule has 0 radical (unpaired) electrons. The second-order valence-electron chi connectivity index (χ2n) is 4.19. The fourth-order valence-electron chi connectivity index (χ4n) is 1.80. The van der Waals surface area contributed by atoms with Gasteiger partial charge >= 0.3 is 0 Å². The molecule has 3 nitrogen and oxygen atoms in total. The molecule has 0 aromatic heterocycles. The van der Waals surface area contributed by atoms with Crippen LogP contribution in [0, 0.1) is 0 Å². The SMILES string of the molecule is COc1ccc(N(C)C(=O)c2cccc(Cl)c2)cc1Cl. The maximum Gasteiger partial charge on any atom is 0.258 e. The van der Waals surface area contributed by atoms with Crippen molar-refractivity contribution in [2.45, 2.75) is 0 Å². The minimum atomic E-state index is -0.159. The Kier molecular flexibility index (Phi) is 4.53. The monoisotopic (exact) mass is 309 g/mol. The lowest BCUT2D eigenvalue weighted by Gasteiger charge is -2.18. The van der Waals surface area contributed by atoms with Gasteiger partial charge in [-0.05, 0) is 36.4 Å². The van der Waals surface area contributed by atoms with Gasteiger partial charge in [-0.1, -0.05) is 29.3 Å². The fraction of sp³-hybridized carbons (Fsp3) is 0.133. The van der Waals surface area contributed by atoms with Crippen LogP contribution in [-0.4, -0.2) is 20.1 Å². The highest BCUT2D eigenvalue weighted by Gasteiger charge is 2.15. The molecule has 2 aromatic carbocycles. The molecule has 0 heterocycles. The Balaban J connectivity index is 2.29. The maximum absolute atomic E-state index is 12.4. The number of hydrogen-bond donors (Lipinski definition) is 0. The third-order valence-corrected chi connectivity index (χ3v) is 3.43. The summed E-state index contributed by atoms with van der Waals surface area (Å²) in [7, 11) is 3.23. The van der Waals surface area contributed by atoms with Gasteiger partial charge in [0.25, 0.3) is 5.91 Å². The zero-order chi connectivity index (χ0) is 14.7. The van der Waals surface area contributed by atoms with Crippen LogP contribution < -0.4 is 9.64 Å². The normalized spacial score (nSPS) is 10.2.